The Labute approximate surface area is 270 Å². The molecule has 4 bridgehead atoms. The molecule has 1 N–H and O–H groups in total. The van der Waals surface area contributed by atoms with Gasteiger partial charge in [0.2, 0.25) is 21.8 Å². The van der Waals surface area contributed by atoms with E-state index in [4.69, 9.17) is 0 Å². The van der Waals surface area contributed by atoms with Gasteiger partial charge in [0.15, 0.2) is 0 Å². The van der Waals surface area contributed by atoms with Crippen LogP contribution in [-0.4, -0.2) is 50.0 Å². The maximum absolute atomic E-state index is 14.2. The Kier molecular flexibility index (Phi) is 9.33. The number of aryl methyl sites for hydroxylation is 1. The molecule has 0 spiro atoms. The zero-order valence-electron chi connectivity index (χ0n) is 27.3. The number of carbonyl (C=O) groups is 2. The topological polar surface area (TPSA) is 86.8 Å². The van der Waals surface area contributed by atoms with E-state index in [2.05, 4.69) is 17.4 Å². The Hall–Kier alpha value is -2.87. The van der Waals surface area contributed by atoms with Crippen LogP contribution in [0.5, 0.6) is 0 Å². The van der Waals surface area contributed by atoms with Crippen LogP contribution >= 0.6 is 0 Å². The lowest BCUT2D eigenvalue weighted by Gasteiger charge is -2.57. The molecule has 2 aromatic rings. The van der Waals surface area contributed by atoms with Crippen molar-refractivity contribution in [1.29, 1.82) is 0 Å². The summed E-state index contributed by atoms with van der Waals surface area (Å²) in [7, 11) is -3.77. The second-order valence-electron chi connectivity index (χ2n) is 14.8. The standard InChI is InChI=1S/C37H51N3O4S/c1-4-34(36(42)38-32-8-6-5-7-9-32)39(24-27-12-10-26(2)11-13-27)35(41)25-40(45(3,43)44)33-16-14-31(15-17-33)37-21-28-18-29(22-37)20-30(19-28)23-37/h10-17,28-30,32,34H,4-9,18-25H2,1-3H3,(H,38,42)/t28?,29?,30?,34-,37?/m1/s1. The Morgan fingerprint density at radius 2 is 1.47 bits per heavy atom. The molecule has 0 unspecified atom stereocenters. The maximum atomic E-state index is 14.2. The first kappa shape index (κ1) is 32.1. The summed E-state index contributed by atoms with van der Waals surface area (Å²) in [5.41, 5.74) is 4.04. The predicted octanol–water partition coefficient (Wildman–Crippen LogP) is 6.49. The van der Waals surface area contributed by atoms with Crippen molar-refractivity contribution < 1.29 is 18.0 Å². The maximum Gasteiger partial charge on any atom is 0.244 e. The van der Waals surface area contributed by atoms with E-state index in [1.165, 1.54) is 54.8 Å². The van der Waals surface area contributed by atoms with Crippen molar-refractivity contribution in [1.82, 2.24) is 10.2 Å². The lowest BCUT2D eigenvalue weighted by Crippen LogP contribution is -2.54. The highest BCUT2D eigenvalue weighted by molar-refractivity contribution is 7.92. The summed E-state index contributed by atoms with van der Waals surface area (Å²) >= 11 is 0. The van der Waals surface area contributed by atoms with Gasteiger partial charge in [-0.15, -0.1) is 0 Å². The number of sulfonamides is 1. The first-order chi connectivity index (χ1) is 21.5. The van der Waals surface area contributed by atoms with Gasteiger partial charge in [-0.1, -0.05) is 68.1 Å². The average Bonchev–Trinajstić information content (AvgIpc) is 3.00. The third-order valence-corrected chi connectivity index (χ3v) is 12.4. The number of rotatable bonds is 11. The van der Waals surface area contributed by atoms with Gasteiger partial charge in [-0.3, -0.25) is 13.9 Å². The second-order valence-corrected chi connectivity index (χ2v) is 16.7. The summed E-state index contributed by atoms with van der Waals surface area (Å²) in [6.07, 6.45) is 14.7. The van der Waals surface area contributed by atoms with E-state index in [1.807, 2.05) is 50.2 Å². The van der Waals surface area contributed by atoms with Gasteiger partial charge >= 0.3 is 0 Å². The molecule has 45 heavy (non-hydrogen) atoms. The van der Waals surface area contributed by atoms with Crippen molar-refractivity contribution in [2.45, 2.75) is 115 Å². The largest absolute Gasteiger partial charge is 0.352 e. The first-order valence-electron chi connectivity index (χ1n) is 17.3. The number of benzene rings is 2. The third-order valence-electron chi connectivity index (χ3n) is 11.3. The van der Waals surface area contributed by atoms with Crippen LogP contribution < -0.4 is 9.62 Å². The minimum atomic E-state index is -3.77. The SMILES string of the molecule is CC[C@H](C(=O)NC1CCCCC1)N(Cc1ccc(C)cc1)C(=O)CN(c1ccc(C23CC4CC(CC(C4)C2)C3)cc1)S(C)(=O)=O. The van der Waals surface area contributed by atoms with Crippen molar-refractivity contribution >= 4 is 27.5 Å². The van der Waals surface area contributed by atoms with Crippen LogP contribution in [-0.2, 0) is 31.6 Å². The van der Waals surface area contributed by atoms with Crippen LogP contribution in [0.2, 0.25) is 0 Å². The molecule has 0 heterocycles. The average molecular weight is 634 g/mol. The number of anilines is 1. The highest BCUT2D eigenvalue weighted by atomic mass is 32.2. The van der Waals surface area contributed by atoms with Crippen molar-refractivity contribution in [3.63, 3.8) is 0 Å². The number of carbonyl (C=O) groups excluding carboxylic acids is 2. The molecule has 0 radical (unpaired) electrons. The first-order valence-corrected chi connectivity index (χ1v) is 19.1. The smallest absolute Gasteiger partial charge is 0.244 e. The summed E-state index contributed by atoms with van der Waals surface area (Å²) in [5.74, 6) is 1.93. The minimum absolute atomic E-state index is 0.122. The number of nitrogens with one attached hydrogen (secondary N) is 1. The van der Waals surface area contributed by atoms with Gasteiger partial charge in [-0.05, 0) is 111 Å². The fourth-order valence-electron chi connectivity index (χ4n) is 9.41. The monoisotopic (exact) mass is 633 g/mol. The van der Waals surface area contributed by atoms with Crippen LogP contribution in [0.1, 0.15) is 101 Å². The molecule has 2 aromatic carbocycles. The molecule has 5 saturated carbocycles. The number of nitrogens with zero attached hydrogens (tertiary/aromatic N) is 2. The fraction of sp³-hybridized carbons (Fsp3) is 0.622. The Morgan fingerprint density at radius 3 is 2.00 bits per heavy atom. The van der Waals surface area contributed by atoms with E-state index < -0.39 is 16.1 Å². The Bertz CT molecular complexity index is 1430. The molecule has 5 fully saturated rings. The summed E-state index contributed by atoms with van der Waals surface area (Å²) in [6.45, 7) is 3.81. The molecule has 8 heteroatoms. The Balaban J connectivity index is 1.24. The summed E-state index contributed by atoms with van der Waals surface area (Å²) in [6, 6.07) is 15.4. The highest BCUT2D eigenvalue weighted by Crippen LogP contribution is 2.60. The highest BCUT2D eigenvalue weighted by Gasteiger charge is 2.51. The van der Waals surface area contributed by atoms with E-state index in [-0.39, 0.29) is 36.4 Å². The number of hydrogen-bond acceptors (Lipinski definition) is 4. The van der Waals surface area contributed by atoms with Crippen LogP contribution in [0.15, 0.2) is 48.5 Å². The summed E-state index contributed by atoms with van der Waals surface area (Å²) in [5, 5.41) is 3.21. The number of hydrogen-bond donors (Lipinski definition) is 1. The quantitative estimate of drug-likeness (QED) is 0.307. The summed E-state index contributed by atoms with van der Waals surface area (Å²) in [4.78, 5) is 29.4. The van der Waals surface area contributed by atoms with E-state index in [0.29, 0.717) is 12.1 Å². The van der Waals surface area contributed by atoms with Crippen LogP contribution in [0.3, 0.4) is 0 Å². The molecule has 2 amide bonds. The Morgan fingerprint density at radius 1 is 0.889 bits per heavy atom. The molecular weight excluding hydrogens is 582 g/mol. The van der Waals surface area contributed by atoms with Crippen LogP contribution in [0.25, 0.3) is 0 Å². The summed E-state index contributed by atoms with van der Waals surface area (Å²) < 4.78 is 27.6. The minimum Gasteiger partial charge on any atom is -0.352 e. The number of amides is 2. The molecule has 244 valence electrons. The molecule has 1 atom stereocenters. The molecule has 0 aliphatic heterocycles. The van der Waals surface area contributed by atoms with E-state index in [9.17, 15) is 18.0 Å². The van der Waals surface area contributed by atoms with Crippen molar-refractivity contribution in [2.75, 3.05) is 17.1 Å². The molecule has 0 aromatic heterocycles. The molecule has 5 aliphatic rings. The molecular formula is C37H51N3O4S. The normalized spacial score (nSPS) is 26.8. The zero-order chi connectivity index (χ0) is 31.8. The van der Waals surface area contributed by atoms with Gasteiger partial charge < -0.3 is 10.2 Å². The van der Waals surface area contributed by atoms with Gasteiger partial charge in [0.1, 0.15) is 12.6 Å². The van der Waals surface area contributed by atoms with E-state index in [1.54, 1.807) is 4.90 Å². The fourth-order valence-corrected chi connectivity index (χ4v) is 10.3. The predicted molar refractivity (Wildman–Crippen MR) is 179 cm³/mol. The van der Waals surface area contributed by atoms with Gasteiger partial charge in [-0.2, -0.15) is 0 Å². The van der Waals surface area contributed by atoms with Gasteiger partial charge in [0.05, 0.1) is 11.9 Å². The van der Waals surface area contributed by atoms with Crippen LogP contribution in [0, 0.1) is 24.7 Å². The van der Waals surface area contributed by atoms with Crippen molar-refractivity contribution in [3.05, 3.63) is 65.2 Å². The molecule has 7 rings (SSSR count). The van der Waals surface area contributed by atoms with E-state index in [0.717, 1.165) is 60.8 Å². The molecule has 0 saturated heterocycles. The zero-order valence-corrected chi connectivity index (χ0v) is 28.2. The lowest BCUT2D eigenvalue weighted by molar-refractivity contribution is -0.140. The second kappa shape index (κ2) is 13.1. The van der Waals surface area contributed by atoms with Crippen molar-refractivity contribution in [2.24, 2.45) is 17.8 Å². The molecule has 5 aliphatic carbocycles. The lowest BCUT2D eigenvalue weighted by atomic mass is 9.48. The van der Waals surface area contributed by atoms with Gasteiger partial charge in [0, 0.05) is 12.6 Å². The van der Waals surface area contributed by atoms with Crippen LogP contribution in [0.4, 0.5) is 5.69 Å². The molecule has 7 nitrogen and oxygen atoms in total. The van der Waals surface area contributed by atoms with E-state index >= 15 is 0 Å². The van der Waals surface area contributed by atoms with Crippen molar-refractivity contribution in [3.8, 4) is 0 Å². The van der Waals surface area contributed by atoms with Gasteiger partial charge in [-0.25, -0.2) is 8.42 Å². The van der Waals surface area contributed by atoms with Gasteiger partial charge in [0.25, 0.3) is 0 Å². The third kappa shape index (κ3) is 7.11.